The van der Waals surface area contributed by atoms with E-state index in [9.17, 15) is 4.79 Å². The maximum Gasteiger partial charge on any atom is 0.270 e. The average molecular weight is 223 g/mol. The molecule has 5 heteroatoms. The molecule has 0 saturated heterocycles. The van der Waals surface area contributed by atoms with Crippen molar-refractivity contribution in [1.29, 1.82) is 0 Å². The number of hydrogen-bond acceptors (Lipinski definition) is 2. The van der Waals surface area contributed by atoms with E-state index in [-0.39, 0.29) is 11.0 Å². The number of rotatable bonds is 1. The Morgan fingerprint density at radius 3 is 2.27 bits per heavy atom. The molecule has 4 N–H and O–H groups in total. The molecule has 0 radical (unpaired) electrons. The molecule has 0 unspecified atom stereocenters. The Morgan fingerprint density at radius 2 is 1.80 bits per heavy atom. The van der Waals surface area contributed by atoms with E-state index < -0.39 is 0 Å². The van der Waals surface area contributed by atoms with Gasteiger partial charge in [0.1, 0.15) is 0 Å². The number of benzene rings is 1. The smallest absolute Gasteiger partial charge is 0.270 e. The number of nitrogens with two attached hydrogens (primary N) is 1. The number of aryl methyl sites for hydroxylation is 2. The van der Waals surface area contributed by atoms with E-state index >= 15 is 0 Å². The number of thiocarbonyl (C=S) groups is 1. The molecule has 0 heterocycles. The molecule has 1 aromatic rings. The van der Waals surface area contributed by atoms with Crippen LogP contribution in [0.2, 0.25) is 0 Å². The first-order chi connectivity index (χ1) is 7.02. The molecule has 15 heavy (non-hydrogen) atoms. The summed E-state index contributed by atoms with van der Waals surface area (Å²) in [5.41, 5.74) is 12.5. The number of nitrogens with one attached hydrogen (secondary N) is 2. The van der Waals surface area contributed by atoms with Gasteiger partial charge in [0.05, 0.1) is 0 Å². The average Bonchev–Trinajstić information content (AvgIpc) is 2.14. The van der Waals surface area contributed by atoms with Crippen molar-refractivity contribution in [1.82, 2.24) is 10.9 Å². The van der Waals surface area contributed by atoms with Crippen LogP contribution in [-0.4, -0.2) is 11.0 Å². The summed E-state index contributed by atoms with van der Waals surface area (Å²) in [6.07, 6.45) is 0. The van der Waals surface area contributed by atoms with Crippen LogP contribution in [0.3, 0.4) is 0 Å². The van der Waals surface area contributed by atoms with Crippen LogP contribution in [-0.2, 0) is 0 Å². The molecule has 0 spiro atoms. The highest BCUT2D eigenvalue weighted by Gasteiger charge is 2.10. The molecule has 4 nitrogen and oxygen atoms in total. The molecule has 0 bridgehead atoms. The van der Waals surface area contributed by atoms with E-state index in [1.54, 1.807) is 0 Å². The fourth-order valence-electron chi connectivity index (χ4n) is 1.35. The third-order valence-electron chi connectivity index (χ3n) is 2.01. The largest absolute Gasteiger partial charge is 0.375 e. The molecule has 0 aromatic heterocycles. The zero-order valence-corrected chi connectivity index (χ0v) is 9.44. The van der Waals surface area contributed by atoms with Crippen LogP contribution in [0.1, 0.15) is 21.5 Å². The molecule has 80 valence electrons. The number of hydrazine groups is 1. The number of carbonyl (C=O) groups is 1. The van der Waals surface area contributed by atoms with Gasteiger partial charge in [-0.05, 0) is 37.2 Å². The van der Waals surface area contributed by atoms with Crippen LogP contribution in [0.5, 0.6) is 0 Å². The summed E-state index contributed by atoms with van der Waals surface area (Å²) < 4.78 is 0. The zero-order valence-electron chi connectivity index (χ0n) is 8.63. The van der Waals surface area contributed by atoms with Crippen LogP contribution in [0.4, 0.5) is 0 Å². The predicted molar refractivity (Wildman–Crippen MR) is 63.3 cm³/mol. The molecule has 1 aromatic carbocycles. The summed E-state index contributed by atoms with van der Waals surface area (Å²) in [5, 5.41) is 0.0367. The minimum Gasteiger partial charge on any atom is -0.375 e. The van der Waals surface area contributed by atoms with Crippen LogP contribution in [0, 0.1) is 13.8 Å². The van der Waals surface area contributed by atoms with Crippen molar-refractivity contribution in [3.05, 3.63) is 34.9 Å². The topological polar surface area (TPSA) is 67.2 Å². The highest BCUT2D eigenvalue weighted by Crippen LogP contribution is 2.12. The molecular weight excluding hydrogens is 210 g/mol. The van der Waals surface area contributed by atoms with Gasteiger partial charge in [-0.2, -0.15) is 0 Å². The maximum atomic E-state index is 11.7. The van der Waals surface area contributed by atoms with Gasteiger partial charge in [0.15, 0.2) is 5.11 Å². The van der Waals surface area contributed by atoms with Crippen molar-refractivity contribution >= 4 is 23.2 Å². The first-order valence-corrected chi connectivity index (χ1v) is 4.85. The molecule has 0 atom stereocenters. The molecule has 0 aliphatic rings. The third kappa shape index (κ3) is 2.92. The Hall–Kier alpha value is -1.62. The van der Waals surface area contributed by atoms with Crippen molar-refractivity contribution in [3.8, 4) is 0 Å². The Morgan fingerprint density at radius 1 is 1.27 bits per heavy atom. The second-order valence-electron chi connectivity index (χ2n) is 3.21. The third-order valence-corrected chi connectivity index (χ3v) is 2.11. The van der Waals surface area contributed by atoms with Crippen molar-refractivity contribution in [2.24, 2.45) is 5.73 Å². The second kappa shape index (κ2) is 4.75. The van der Waals surface area contributed by atoms with Gasteiger partial charge in [-0.25, -0.2) is 0 Å². The van der Waals surface area contributed by atoms with Crippen molar-refractivity contribution in [3.63, 3.8) is 0 Å². The van der Waals surface area contributed by atoms with Crippen molar-refractivity contribution in [2.75, 3.05) is 0 Å². The molecule has 1 amide bonds. The van der Waals surface area contributed by atoms with Crippen LogP contribution in [0.15, 0.2) is 18.2 Å². The first-order valence-electron chi connectivity index (χ1n) is 4.44. The van der Waals surface area contributed by atoms with E-state index in [2.05, 4.69) is 23.1 Å². The number of carbonyl (C=O) groups excluding carboxylic acids is 1. The minimum absolute atomic E-state index is 0.0367. The lowest BCUT2D eigenvalue weighted by atomic mass is 10.0. The maximum absolute atomic E-state index is 11.7. The molecule has 0 saturated carbocycles. The van der Waals surface area contributed by atoms with E-state index in [1.165, 1.54) is 0 Å². The fourth-order valence-corrected chi connectivity index (χ4v) is 1.40. The van der Waals surface area contributed by atoms with Crippen LogP contribution < -0.4 is 16.6 Å². The molecule has 0 aliphatic carbocycles. The van der Waals surface area contributed by atoms with Crippen molar-refractivity contribution in [2.45, 2.75) is 13.8 Å². The summed E-state index contributed by atoms with van der Waals surface area (Å²) in [4.78, 5) is 11.7. The van der Waals surface area contributed by atoms with E-state index in [0.717, 1.165) is 11.1 Å². The highest BCUT2D eigenvalue weighted by atomic mass is 32.1. The van der Waals surface area contributed by atoms with Gasteiger partial charge in [-0.3, -0.25) is 15.6 Å². The minimum atomic E-state index is -0.238. The number of hydrogen-bond donors (Lipinski definition) is 3. The normalized spacial score (nSPS) is 9.47. The van der Waals surface area contributed by atoms with Gasteiger partial charge < -0.3 is 5.73 Å². The SMILES string of the molecule is Cc1cccc(C)c1C(=O)NNC(N)=S. The summed E-state index contributed by atoms with van der Waals surface area (Å²) >= 11 is 4.58. The summed E-state index contributed by atoms with van der Waals surface area (Å²) in [6.45, 7) is 3.76. The van der Waals surface area contributed by atoms with Crippen molar-refractivity contribution < 1.29 is 4.79 Å². The van der Waals surface area contributed by atoms with Gasteiger partial charge >= 0.3 is 0 Å². The molecule has 1 rings (SSSR count). The van der Waals surface area contributed by atoms with Gasteiger partial charge in [0.25, 0.3) is 5.91 Å². The van der Waals surface area contributed by atoms with Crippen LogP contribution >= 0.6 is 12.2 Å². The van der Waals surface area contributed by atoms with Gasteiger partial charge in [0, 0.05) is 5.56 Å². The fraction of sp³-hybridized carbons (Fsp3) is 0.200. The van der Waals surface area contributed by atoms with E-state index in [0.29, 0.717) is 5.56 Å². The predicted octanol–water partition coefficient (Wildman–Crippen LogP) is 0.781. The lowest BCUT2D eigenvalue weighted by molar-refractivity contribution is 0.0943. The van der Waals surface area contributed by atoms with Crippen LogP contribution in [0.25, 0.3) is 0 Å². The van der Waals surface area contributed by atoms with Gasteiger partial charge in [-0.15, -0.1) is 0 Å². The molecule has 0 fully saturated rings. The monoisotopic (exact) mass is 223 g/mol. The Bertz CT molecular complexity index is 383. The Labute approximate surface area is 93.8 Å². The standard InChI is InChI=1S/C10H13N3OS/c1-6-4-3-5-7(2)8(6)9(14)12-13-10(11)15/h3-5H,1-2H3,(H,12,14)(H3,11,13,15). The zero-order chi connectivity index (χ0) is 11.4. The van der Waals surface area contributed by atoms with Gasteiger partial charge in [-0.1, -0.05) is 18.2 Å². The van der Waals surface area contributed by atoms with Gasteiger partial charge in [0.2, 0.25) is 0 Å². The summed E-state index contributed by atoms with van der Waals surface area (Å²) in [7, 11) is 0. The Balaban J connectivity index is 2.86. The lowest BCUT2D eigenvalue weighted by Gasteiger charge is -2.10. The molecule has 0 aliphatic heterocycles. The number of amides is 1. The van der Waals surface area contributed by atoms with E-state index in [4.69, 9.17) is 5.73 Å². The Kier molecular flexibility index (Phi) is 3.62. The quantitative estimate of drug-likeness (QED) is 0.486. The highest BCUT2D eigenvalue weighted by molar-refractivity contribution is 7.80. The lowest BCUT2D eigenvalue weighted by Crippen LogP contribution is -2.44. The second-order valence-corrected chi connectivity index (χ2v) is 3.65. The van der Waals surface area contributed by atoms with E-state index in [1.807, 2.05) is 32.0 Å². The molecular formula is C10H13N3OS. The summed E-state index contributed by atoms with van der Waals surface area (Å²) in [5.74, 6) is -0.238. The summed E-state index contributed by atoms with van der Waals surface area (Å²) in [6, 6.07) is 5.66. The first kappa shape index (κ1) is 11.5.